The first-order chi connectivity index (χ1) is 17.8. The lowest BCUT2D eigenvalue weighted by molar-refractivity contribution is -0.135. The number of aromatic nitrogens is 2. The lowest BCUT2D eigenvalue weighted by atomic mass is 9.78. The Labute approximate surface area is 214 Å². The maximum Gasteiger partial charge on any atom is 0.267 e. The van der Waals surface area contributed by atoms with Crippen LogP contribution in [0.4, 0.5) is 4.39 Å². The summed E-state index contributed by atoms with van der Waals surface area (Å²) in [6.07, 6.45) is 4.15. The number of hydrogen-bond acceptors (Lipinski definition) is 8. The standard InChI is InChI=1S/C26H32FN5O5/c1-15-29-20(10-22(30-15)26(28)35)21-11-23(37-31-21)18-6-3-16(4-7-18)12-32(25(34)14-33)13-17-5-8-19(27)24(9-17)36-2/h5,8-10,16,18,23,33H,3-4,6-7,11-14H2,1-2H3,(H2,28,35). The van der Waals surface area contributed by atoms with Gasteiger partial charge in [-0.3, -0.25) is 9.59 Å². The fraction of sp³-hybridized carbons (Fsp3) is 0.500. The highest BCUT2D eigenvalue weighted by Crippen LogP contribution is 2.36. The summed E-state index contributed by atoms with van der Waals surface area (Å²) in [6.45, 7) is 1.89. The van der Waals surface area contributed by atoms with Gasteiger partial charge >= 0.3 is 0 Å². The molecule has 3 N–H and O–H groups in total. The van der Waals surface area contributed by atoms with E-state index in [2.05, 4.69) is 15.1 Å². The minimum atomic E-state index is -0.617. The molecule has 198 valence electrons. The van der Waals surface area contributed by atoms with Crippen LogP contribution in [0.1, 0.15) is 59.7 Å². The zero-order chi connectivity index (χ0) is 26.5. The number of primary amides is 1. The number of rotatable bonds is 9. The van der Waals surface area contributed by atoms with Crippen molar-refractivity contribution in [2.45, 2.75) is 51.7 Å². The van der Waals surface area contributed by atoms with E-state index in [4.69, 9.17) is 15.3 Å². The van der Waals surface area contributed by atoms with Crippen molar-refractivity contribution in [3.05, 3.63) is 52.9 Å². The van der Waals surface area contributed by atoms with Crippen LogP contribution in [0.15, 0.2) is 29.4 Å². The van der Waals surface area contributed by atoms with Crippen LogP contribution < -0.4 is 10.5 Å². The predicted molar refractivity (Wildman–Crippen MR) is 132 cm³/mol. The van der Waals surface area contributed by atoms with Gasteiger partial charge in [-0.25, -0.2) is 14.4 Å². The first kappa shape index (κ1) is 26.5. The van der Waals surface area contributed by atoms with E-state index in [1.807, 2.05) is 0 Å². The molecule has 2 aromatic rings. The molecule has 2 aliphatic rings. The molecule has 0 spiro atoms. The number of ether oxygens (including phenoxy) is 1. The number of amides is 2. The number of oxime groups is 1. The Hall–Kier alpha value is -3.60. The number of benzene rings is 1. The minimum Gasteiger partial charge on any atom is -0.494 e. The van der Waals surface area contributed by atoms with Crippen LogP contribution in [0.2, 0.25) is 0 Å². The summed E-state index contributed by atoms with van der Waals surface area (Å²) in [7, 11) is 1.40. The van der Waals surface area contributed by atoms with Gasteiger partial charge in [0.1, 0.15) is 29.9 Å². The second kappa shape index (κ2) is 11.6. The molecule has 11 heteroatoms. The number of carbonyl (C=O) groups excluding carboxylic acids is 2. The number of carbonyl (C=O) groups is 2. The van der Waals surface area contributed by atoms with Crippen LogP contribution in [0.3, 0.4) is 0 Å². The topological polar surface area (TPSA) is 140 Å². The molecular formula is C26H32FN5O5. The van der Waals surface area contributed by atoms with E-state index in [1.54, 1.807) is 30.0 Å². The predicted octanol–water partition coefficient (Wildman–Crippen LogP) is 2.35. The van der Waals surface area contributed by atoms with Gasteiger partial charge in [0.2, 0.25) is 5.91 Å². The molecule has 1 saturated carbocycles. The van der Waals surface area contributed by atoms with Crippen LogP contribution >= 0.6 is 0 Å². The van der Waals surface area contributed by atoms with Gasteiger partial charge in [0.25, 0.3) is 5.91 Å². The molecule has 1 atom stereocenters. The van der Waals surface area contributed by atoms with E-state index in [1.165, 1.54) is 13.2 Å². The second-order valence-corrected chi connectivity index (χ2v) is 9.62. The molecule has 1 aliphatic heterocycles. The molecular weight excluding hydrogens is 481 g/mol. The third kappa shape index (κ3) is 6.40. The Morgan fingerprint density at radius 3 is 2.65 bits per heavy atom. The van der Waals surface area contributed by atoms with Crippen molar-refractivity contribution in [3.63, 3.8) is 0 Å². The van der Waals surface area contributed by atoms with Crippen LogP contribution in [0, 0.1) is 24.6 Å². The van der Waals surface area contributed by atoms with Crippen molar-refractivity contribution < 1.29 is 28.7 Å². The maximum absolute atomic E-state index is 13.8. The summed E-state index contributed by atoms with van der Waals surface area (Å²) in [5.41, 5.74) is 7.48. The third-order valence-electron chi connectivity index (χ3n) is 7.05. The highest BCUT2D eigenvalue weighted by Gasteiger charge is 2.35. The lowest BCUT2D eigenvalue weighted by Gasteiger charge is -2.34. The Kier molecular flexibility index (Phi) is 8.32. The highest BCUT2D eigenvalue weighted by atomic mass is 19.1. The monoisotopic (exact) mass is 513 g/mol. The number of aryl methyl sites for hydroxylation is 1. The molecule has 0 radical (unpaired) electrons. The Morgan fingerprint density at radius 1 is 1.22 bits per heavy atom. The first-order valence-electron chi connectivity index (χ1n) is 12.4. The van der Waals surface area contributed by atoms with Gasteiger partial charge in [0, 0.05) is 19.5 Å². The van der Waals surface area contributed by atoms with Gasteiger partial charge in [0.05, 0.1) is 12.8 Å². The third-order valence-corrected chi connectivity index (χ3v) is 7.05. The number of halogens is 1. The number of aliphatic hydroxyl groups excluding tert-OH is 1. The van der Waals surface area contributed by atoms with Crippen molar-refractivity contribution in [2.24, 2.45) is 22.7 Å². The summed E-state index contributed by atoms with van der Waals surface area (Å²) >= 11 is 0. The van der Waals surface area contributed by atoms with Gasteiger partial charge in [-0.05, 0) is 68.2 Å². The minimum absolute atomic E-state index is 0.0786. The van der Waals surface area contributed by atoms with Crippen molar-refractivity contribution in [1.29, 1.82) is 0 Å². The number of hydrogen-bond donors (Lipinski definition) is 2. The summed E-state index contributed by atoms with van der Waals surface area (Å²) in [5, 5.41) is 13.7. The number of nitrogens with zero attached hydrogens (tertiary/aromatic N) is 4. The maximum atomic E-state index is 13.8. The van der Waals surface area contributed by atoms with Gasteiger partial charge < -0.3 is 25.3 Å². The fourth-order valence-corrected chi connectivity index (χ4v) is 5.07. The summed E-state index contributed by atoms with van der Waals surface area (Å²) in [5.74, 6) is -0.298. The molecule has 1 unspecified atom stereocenters. The van der Waals surface area contributed by atoms with Gasteiger partial charge in [0.15, 0.2) is 11.6 Å². The van der Waals surface area contributed by atoms with Crippen molar-refractivity contribution in [1.82, 2.24) is 14.9 Å². The molecule has 1 aliphatic carbocycles. The molecule has 0 bridgehead atoms. The second-order valence-electron chi connectivity index (χ2n) is 9.62. The smallest absolute Gasteiger partial charge is 0.267 e. The average molecular weight is 514 g/mol. The summed E-state index contributed by atoms with van der Waals surface area (Å²) in [6, 6.07) is 6.05. The molecule has 37 heavy (non-hydrogen) atoms. The summed E-state index contributed by atoms with van der Waals surface area (Å²) in [4.78, 5) is 39.8. The Balaban J connectivity index is 1.32. The molecule has 2 amide bonds. The van der Waals surface area contributed by atoms with Gasteiger partial charge in [-0.15, -0.1) is 0 Å². The SMILES string of the molecule is COc1cc(CN(CC2CCC(C3CC(c4cc(C(N)=O)nc(C)n4)=NO3)CC2)C(=O)CO)ccc1F. The largest absolute Gasteiger partial charge is 0.494 e. The highest BCUT2D eigenvalue weighted by molar-refractivity contribution is 6.01. The Bertz CT molecular complexity index is 1180. The molecule has 1 aromatic carbocycles. The first-order valence-corrected chi connectivity index (χ1v) is 12.4. The Morgan fingerprint density at radius 2 is 1.97 bits per heavy atom. The van der Waals surface area contributed by atoms with E-state index >= 15 is 0 Å². The van der Waals surface area contributed by atoms with Crippen LogP contribution in [0.5, 0.6) is 5.75 Å². The molecule has 4 rings (SSSR count). The van der Waals surface area contributed by atoms with Crippen molar-refractivity contribution in [3.8, 4) is 5.75 Å². The van der Waals surface area contributed by atoms with Crippen LogP contribution in [-0.4, -0.2) is 63.9 Å². The van der Waals surface area contributed by atoms with Gasteiger partial charge in [-0.1, -0.05) is 11.2 Å². The van der Waals surface area contributed by atoms with E-state index in [0.29, 0.717) is 36.1 Å². The van der Waals surface area contributed by atoms with E-state index in [-0.39, 0.29) is 35.9 Å². The molecule has 2 heterocycles. The zero-order valence-corrected chi connectivity index (χ0v) is 21.0. The molecule has 0 saturated heterocycles. The van der Waals surface area contributed by atoms with Crippen LogP contribution in [-0.2, 0) is 16.2 Å². The quantitative estimate of drug-likeness (QED) is 0.524. The average Bonchev–Trinajstić information content (AvgIpc) is 3.39. The van der Waals surface area contributed by atoms with Crippen LogP contribution in [0.25, 0.3) is 0 Å². The van der Waals surface area contributed by atoms with E-state index < -0.39 is 18.3 Å². The molecule has 10 nitrogen and oxygen atoms in total. The van der Waals surface area contributed by atoms with E-state index in [9.17, 15) is 19.1 Å². The lowest BCUT2D eigenvalue weighted by Crippen LogP contribution is -2.38. The molecule has 1 aromatic heterocycles. The number of aliphatic hydroxyl groups is 1. The summed E-state index contributed by atoms with van der Waals surface area (Å²) < 4.78 is 18.8. The zero-order valence-electron chi connectivity index (χ0n) is 21.0. The van der Waals surface area contributed by atoms with Crippen molar-refractivity contribution in [2.75, 3.05) is 20.3 Å². The van der Waals surface area contributed by atoms with Gasteiger partial charge in [-0.2, -0.15) is 0 Å². The number of nitrogens with two attached hydrogens (primary N) is 1. The normalized spacial score (nSPS) is 21.2. The fourth-order valence-electron chi connectivity index (χ4n) is 5.07. The number of methoxy groups -OCH3 is 1. The van der Waals surface area contributed by atoms with Crippen molar-refractivity contribution >= 4 is 17.5 Å². The van der Waals surface area contributed by atoms with E-state index in [0.717, 1.165) is 31.2 Å². The molecule has 1 fully saturated rings.